The molecule has 188 valence electrons. The summed E-state index contributed by atoms with van der Waals surface area (Å²) in [5.41, 5.74) is 16.8. The van der Waals surface area contributed by atoms with Gasteiger partial charge in [0.25, 0.3) is 5.91 Å². The number of aryl methyl sites for hydroxylation is 1. The van der Waals surface area contributed by atoms with Gasteiger partial charge in [-0.1, -0.05) is 31.2 Å². The number of nitrogens with one attached hydrogen (secondary N) is 3. The molecule has 0 saturated heterocycles. The number of anilines is 1. The van der Waals surface area contributed by atoms with E-state index in [1.165, 1.54) is 11.6 Å². The Kier molecular flexibility index (Phi) is 7.38. The zero-order valence-electron chi connectivity index (χ0n) is 20.4. The van der Waals surface area contributed by atoms with Gasteiger partial charge in [0.1, 0.15) is 5.82 Å². The number of nitrogens with two attached hydrogens (primary N) is 2. The molecule has 0 unspecified atom stereocenters. The minimum absolute atomic E-state index is 0.00662. The summed E-state index contributed by atoms with van der Waals surface area (Å²) in [6, 6.07) is 10.4. The number of hydrogen-bond donors (Lipinski definition) is 5. The summed E-state index contributed by atoms with van der Waals surface area (Å²) in [4.78, 5) is 16.4. The summed E-state index contributed by atoms with van der Waals surface area (Å²) in [7, 11) is 0. The summed E-state index contributed by atoms with van der Waals surface area (Å²) >= 11 is 0. The Hall–Kier alpha value is -4.14. The Labute approximate surface area is 210 Å². The number of amides is 1. The first kappa shape index (κ1) is 25.0. The van der Waals surface area contributed by atoms with Crippen molar-refractivity contribution in [2.24, 2.45) is 11.5 Å². The van der Waals surface area contributed by atoms with Gasteiger partial charge in [0.15, 0.2) is 11.9 Å². The number of carbonyl (C=O) groups excluding carboxylic acids is 1. The van der Waals surface area contributed by atoms with Gasteiger partial charge < -0.3 is 26.6 Å². The molecule has 9 heteroatoms. The second kappa shape index (κ2) is 10.6. The van der Waals surface area contributed by atoms with Gasteiger partial charge >= 0.3 is 0 Å². The fourth-order valence-electron chi connectivity index (χ4n) is 4.66. The molecule has 0 aliphatic carbocycles. The second-order valence-electron chi connectivity index (χ2n) is 9.00. The predicted molar refractivity (Wildman–Crippen MR) is 142 cm³/mol. The van der Waals surface area contributed by atoms with E-state index < -0.39 is 5.82 Å². The van der Waals surface area contributed by atoms with Crippen molar-refractivity contribution >= 4 is 34.7 Å². The predicted octanol–water partition coefficient (Wildman–Crippen LogP) is 3.61. The van der Waals surface area contributed by atoms with Gasteiger partial charge in [0.05, 0.1) is 0 Å². The average molecular weight is 490 g/mol. The number of benzene rings is 2. The minimum atomic E-state index is -0.446. The van der Waals surface area contributed by atoms with Crippen molar-refractivity contribution in [2.45, 2.75) is 26.2 Å². The van der Waals surface area contributed by atoms with Crippen LogP contribution in [0, 0.1) is 16.6 Å². The van der Waals surface area contributed by atoms with Crippen molar-refractivity contribution in [3.8, 4) is 0 Å². The van der Waals surface area contributed by atoms with Crippen molar-refractivity contribution in [2.75, 3.05) is 31.5 Å². The summed E-state index contributed by atoms with van der Waals surface area (Å²) in [5.74, 6) is -0.728. The molecule has 0 aromatic heterocycles. The fourth-order valence-corrected chi connectivity index (χ4v) is 4.66. The van der Waals surface area contributed by atoms with E-state index in [0.717, 1.165) is 29.5 Å². The van der Waals surface area contributed by atoms with Gasteiger partial charge in [-0.25, -0.2) is 4.39 Å². The first-order valence-electron chi connectivity index (χ1n) is 12.1. The minimum Gasteiger partial charge on any atom is -0.370 e. The maximum atomic E-state index is 14.9. The van der Waals surface area contributed by atoms with E-state index in [-0.39, 0.29) is 23.4 Å². The molecule has 0 spiro atoms. The van der Waals surface area contributed by atoms with Crippen molar-refractivity contribution < 1.29 is 9.18 Å². The van der Waals surface area contributed by atoms with Crippen LogP contribution in [0.1, 0.15) is 46.8 Å². The summed E-state index contributed by atoms with van der Waals surface area (Å²) in [6.45, 7) is 4.41. The van der Waals surface area contributed by atoms with Gasteiger partial charge in [-0.3, -0.25) is 15.6 Å². The lowest BCUT2D eigenvalue weighted by molar-refractivity contribution is 0.102. The molecule has 1 amide bonds. The Bertz CT molecular complexity index is 1270. The molecular weight excluding hydrogens is 457 g/mol. The molecule has 0 bridgehead atoms. The average Bonchev–Trinajstić information content (AvgIpc) is 2.88. The molecule has 2 heterocycles. The van der Waals surface area contributed by atoms with Crippen LogP contribution in [0.4, 0.5) is 10.1 Å². The number of nitrogens with zero attached hydrogens (tertiary/aromatic N) is 2. The Balaban J connectivity index is 1.46. The first-order valence-corrected chi connectivity index (χ1v) is 12.1. The number of carbonyl (C=O) groups is 1. The molecule has 0 fully saturated rings. The van der Waals surface area contributed by atoms with Crippen LogP contribution in [0.15, 0.2) is 48.6 Å². The lowest BCUT2D eigenvalue weighted by atomic mass is 9.93. The van der Waals surface area contributed by atoms with Crippen LogP contribution in [-0.2, 0) is 6.42 Å². The van der Waals surface area contributed by atoms with Crippen molar-refractivity contribution in [1.29, 1.82) is 10.8 Å². The summed E-state index contributed by atoms with van der Waals surface area (Å²) < 4.78 is 14.9. The molecule has 2 aliphatic heterocycles. The highest BCUT2D eigenvalue weighted by Crippen LogP contribution is 2.29. The topological polar surface area (TPSA) is 135 Å². The normalized spacial score (nSPS) is 15.7. The zero-order chi connectivity index (χ0) is 25.8. The van der Waals surface area contributed by atoms with Crippen LogP contribution in [0.3, 0.4) is 0 Å². The van der Waals surface area contributed by atoms with Gasteiger partial charge in [-0.15, -0.1) is 0 Å². The second-order valence-corrected chi connectivity index (χ2v) is 9.00. The molecule has 2 aromatic rings. The lowest BCUT2D eigenvalue weighted by Gasteiger charge is -2.27. The van der Waals surface area contributed by atoms with Crippen LogP contribution in [0.5, 0.6) is 0 Å². The van der Waals surface area contributed by atoms with E-state index in [9.17, 15) is 9.18 Å². The van der Waals surface area contributed by atoms with Crippen LogP contribution in [0.25, 0.3) is 11.1 Å². The molecule has 7 N–H and O–H groups in total. The van der Waals surface area contributed by atoms with Crippen LogP contribution in [0.2, 0.25) is 0 Å². The monoisotopic (exact) mass is 489 g/mol. The van der Waals surface area contributed by atoms with E-state index in [4.69, 9.17) is 22.3 Å². The first-order chi connectivity index (χ1) is 17.3. The zero-order valence-corrected chi connectivity index (χ0v) is 20.4. The summed E-state index contributed by atoms with van der Waals surface area (Å²) in [5, 5.41) is 18.0. The molecule has 2 aliphatic rings. The maximum absolute atomic E-state index is 14.9. The van der Waals surface area contributed by atoms with E-state index in [2.05, 4.69) is 18.3 Å². The van der Waals surface area contributed by atoms with Gasteiger partial charge in [-0.2, -0.15) is 0 Å². The van der Waals surface area contributed by atoms with Crippen LogP contribution < -0.4 is 16.8 Å². The molecule has 2 aromatic carbocycles. The largest absolute Gasteiger partial charge is 0.370 e. The highest BCUT2D eigenvalue weighted by atomic mass is 19.1. The number of hydrogen-bond acceptors (Lipinski definition) is 3. The van der Waals surface area contributed by atoms with Crippen LogP contribution >= 0.6 is 0 Å². The van der Waals surface area contributed by atoms with Crippen molar-refractivity contribution in [3.05, 3.63) is 76.6 Å². The van der Waals surface area contributed by atoms with Crippen molar-refractivity contribution in [3.63, 3.8) is 0 Å². The Morgan fingerprint density at radius 1 is 0.944 bits per heavy atom. The van der Waals surface area contributed by atoms with Crippen LogP contribution in [-0.4, -0.2) is 53.8 Å². The third-order valence-corrected chi connectivity index (χ3v) is 6.77. The number of halogens is 1. The molecule has 0 radical (unpaired) electrons. The third kappa shape index (κ3) is 5.40. The molecule has 36 heavy (non-hydrogen) atoms. The Morgan fingerprint density at radius 3 is 2.03 bits per heavy atom. The SMILES string of the molecule is CCc1cc(NC(=O)c2ccc(C3=CCN(C(=N)N)CC3)c(F)c2)ccc1C1=CCN(C(=N)N)CC1. The summed E-state index contributed by atoms with van der Waals surface area (Å²) in [6.07, 6.45) is 6.15. The standard InChI is InChI=1S/C27H32FN7O/c1-2-17-15-21(4-6-22(17)18-7-11-34(12-8-18)26(29)30)33-25(36)20-3-5-23(24(28)16-20)19-9-13-35(14-10-19)27(31)32/h3-7,9,15-16H,2,8,10-14H2,1H3,(H3,29,30)(H3,31,32)(H,33,36). The number of rotatable bonds is 5. The molecule has 0 saturated carbocycles. The number of guanidine groups is 2. The molecule has 8 nitrogen and oxygen atoms in total. The Morgan fingerprint density at radius 2 is 1.53 bits per heavy atom. The maximum Gasteiger partial charge on any atom is 0.255 e. The van der Waals surface area contributed by atoms with E-state index in [1.54, 1.807) is 17.0 Å². The van der Waals surface area contributed by atoms with Gasteiger partial charge in [0, 0.05) is 43.0 Å². The van der Waals surface area contributed by atoms with Crippen molar-refractivity contribution in [1.82, 2.24) is 9.80 Å². The lowest BCUT2D eigenvalue weighted by Crippen LogP contribution is -2.39. The van der Waals surface area contributed by atoms with E-state index >= 15 is 0 Å². The fraction of sp³-hybridized carbons (Fsp3) is 0.296. The quantitative estimate of drug-likeness (QED) is 0.323. The van der Waals surface area contributed by atoms with Gasteiger partial charge in [-0.05, 0) is 65.8 Å². The molecule has 0 atom stereocenters. The molecule has 4 rings (SSSR count). The highest BCUT2D eigenvalue weighted by Gasteiger charge is 2.19. The highest BCUT2D eigenvalue weighted by molar-refractivity contribution is 6.04. The third-order valence-electron chi connectivity index (χ3n) is 6.77. The smallest absolute Gasteiger partial charge is 0.255 e. The van der Waals surface area contributed by atoms with E-state index in [1.807, 2.05) is 29.2 Å². The molecular formula is C27H32FN7O. The van der Waals surface area contributed by atoms with Gasteiger partial charge in [0.2, 0.25) is 0 Å². The van der Waals surface area contributed by atoms with E-state index in [0.29, 0.717) is 43.9 Å².